The Labute approximate surface area is 179 Å². The number of thioether (sulfide) groups is 1. The number of H-pyrrole nitrogens is 1. The molecule has 0 saturated heterocycles. The molecule has 2 aromatic carbocycles. The molecule has 1 unspecified atom stereocenters. The van der Waals surface area contributed by atoms with Crippen molar-refractivity contribution in [3.05, 3.63) is 66.4 Å². The van der Waals surface area contributed by atoms with Gasteiger partial charge in [-0.25, -0.2) is 0 Å². The summed E-state index contributed by atoms with van der Waals surface area (Å²) in [6, 6.07) is 18.5. The summed E-state index contributed by atoms with van der Waals surface area (Å²) in [5, 5.41) is 10.7. The van der Waals surface area contributed by atoms with Crippen molar-refractivity contribution >= 4 is 28.6 Å². The number of fused-ring (bicyclic) bond motifs is 1. The van der Waals surface area contributed by atoms with Crippen LogP contribution in [0.2, 0.25) is 0 Å². The molecule has 0 spiro atoms. The van der Waals surface area contributed by atoms with E-state index in [-0.39, 0.29) is 11.2 Å². The topological polar surface area (TPSA) is 66.8 Å². The fourth-order valence-electron chi connectivity index (χ4n) is 3.69. The average molecular weight is 418 g/mol. The molecule has 2 aromatic heterocycles. The van der Waals surface area contributed by atoms with Crippen molar-refractivity contribution in [2.24, 2.45) is 0 Å². The number of amides is 1. The molecule has 1 N–H and O–H groups in total. The van der Waals surface area contributed by atoms with Crippen LogP contribution in [0.15, 0.2) is 66.0 Å². The summed E-state index contributed by atoms with van der Waals surface area (Å²) in [5.74, 6) is 0.909. The van der Waals surface area contributed by atoms with Crippen molar-refractivity contribution in [2.75, 3.05) is 14.1 Å². The van der Waals surface area contributed by atoms with Crippen molar-refractivity contribution in [2.45, 2.75) is 29.3 Å². The summed E-state index contributed by atoms with van der Waals surface area (Å²) in [5.41, 5.74) is 3.10. The van der Waals surface area contributed by atoms with E-state index in [9.17, 15) is 4.79 Å². The number of nitrogens with zero attached hydrogens (tertiary/aromatic N) is 4. The van der Waals surface area contributed by atoms with Crippen LogP contribution in [-0.2, 0) is 4.79 Å². The van der Waals surface area contributed by atoms with Gasteiger partial charge in [0, 0.05) is 42.8 Å². The molecule has 7 heteroatoms. The number of benzene rings is 2. The highest BCUT2D eigenvalue weighted by atomic mass is 32.2. The maximum atomic E-state index is 13.0. The van der Waals surface area contributed by atoms with Gasteiger partial charge in [-0.3, -0.25) is 9.36 Å². The Morgan fingerprint density at radius 3 is 2.57 bits per heavy atom. The number of hydrogen-bond donors (Lipinski definition) is 1. The number of rotatable bonds is 6. The Balaban J connectivity index is 1.57. The van der Waals surface area contributed by atoms with Crippen LogP contribution >= 0.6 is 11.8 Å². The number of aromatic amines is 1. The molecule has 0 aliphatic heterocycles. The summed E-state index contributed by atoms with van der Waals surface area (Å²) < 4.78 is 2.22. The number of likely N-dealkylation sites (N-methyl/N-ethyl adjacent to an activating group) is 1. The summed E-state index contributed by atoms with van der Waals surface area (Å²) in [6.07, 6.45) is 4.22. The SMILES string of the molecule is CN(C)C(=O)C(Sc1nnc(-c2c[nH]c3ccccc23)n1C1CC1)c1ccccc1. The zero-order chi connectivity index (χ0) is 20.7. The van der Waals surface area contributed by atoms with Crippen molar-refractivity contribution < 1.29 is 4.79 Å². The molecule has 4 aromatic rings. The lowest BCUT2D eigenvalue weighted by Crippen LogP contribution is -2.27. The van der Waals surface area contributed by atoms with E-state index >= 15 is 0 Å². The van der Waals surface area contributed by atoms with Gasteiger partial charge in [-0.2, -0.15) is 0 Å². The second-order valence-corrected chi connectivity index (χ2v) is 8.87. The lowest BCUT2D eigenvalue weighted by atomic mass is 10.1. The maximum absolute atomic E-state index is 13.0. The highest BCUT2D eigenvalue weighted by Gasteiger charge is 2.33. The van der Waals surface area contributed by atoms with E-state index in [1.807, 2.05) is 48.7 Å². The van der Waals surface area contributed by atoms with E-state index in [0.717, 1.165) is 45.9 Å². The van der Waals surface area contributed by atoms with E-state index < -0.39 is 0 Å². The third kappa shape index (κ3) is 3.39. The average Bonchev–Trinajstić information content (AvgIpc) is 3.38. The molecular weight excluding hydrogens is 394 g/mol. The van der Waals surface area contributed by atoms with Crippen molar-refractivity contribution in [3.63, 3.8) is 0 Å². The van der Waals surface area contributed by atoms with Crippen LogP contribution in [0.25, 0.3) is 22.3 Å². The number of para-hydroxylation sites is 1. The van der Waals surface area contributed by atoms with Gasteiger partial charge in [0.2, 0.25) is 5.91 Å². The number of hydrogen-bond acceptors (Lipinski definition) is 4. The molecular formula is C23H23N5OS. The zero-order valence-corrected chi connectivity index (χ0v) is 17.8. The standard InChI is InChI=1S/C23H23N5OS/c1-27(2)22(29)20(15-8-4-3-5-9-15)30-23-26-25-21(28(23)16-12-13-16)18-14-24-19-11-7-6-10-17(18)19/h3-11,14,16,20,24H,12-13H2,1-2H3. The van der Waals surface area contributed by atoms with Gasteiger partial charge in [0.15, 0.2) is 11.0 Å². The fourth-order valence-corrected chi connectivity index (χ4v) is 4.94. The number of aromatic nitrogens is 4. The van der Waals surface area contributed by atoms with Crippen LogP contribution in [0, 0.1) is 0 Å². The molecule has 2 heterocycles. The molecule has 1 amide bonds. The van der Waals surface area contributed by atoms with Gasteiger partial charge < -0.3 is 9.88 Å². The molecule has 30 heavy (non-hydrogen) atoms. The first-order valence-corrected chi connectivity index (χ1v) is 11.0. The van der Waals surface area contributed by atoms with E-state index in [1.54, 1.807) is 19.0 Å². The lowest BCUT2D eigenvalue weighted by Gasteiger charge is -2.20. The monoisotopic (exact) mass is 417 g/mol. The van der Waals surface area contributed by atoms with Crippen LogP contribution in [0.5, 0.6) is 0 Å². The Hall–Kier alpha value is -3.06. The molecule has 1 fully saturated rings. The van der Waals surface area contributed by atoms with Crippen LogP contribution in [0.4, 0.5) is 0 Å². The molecule has 0 bridgehead atoms. The molecule has 1 atom stereocenters. The van der Waals surface area contributed by atoms with Crippen LogP contribution in [0.1, 0.15) is 29.7 Å². The molecule has 5 rings (SSSR count). The highest BCUT2D eigenvalue weighted by molar-refractivity contribution is 8.00. The minimum Gasteiger partial charge on any atom is -0.360 e. The van der Waals surface area contributed by atoms with E-state index in [2.05, 4.69) is 31.9 Å². The van der Waals surface area contributed by atoms with E-state index in [1.165, 1.54) is 11.8 Å². The Morgan fingerprint density at radius 2 is 1.83 bits per heavy atom. The number of nitrogens with one attached hydrogen (secondary N) is 1. The van der Waals surface area contributed by atoms with Gasteiger partial charge in [-0.05, 0) is 24.5 Å². The first-order chi connectivity index (χ1) is 14.6. The predicted octanol–water partition coefficient (Wildman–Crippen LogP) is 4.68. The van der Waals surface area contributed by atoms with Crippen molar-refractivity contribution in [3.8, 4) is 11.4 Å². The molecule has 1 aliphatic rings. The zero-order valence-electron chi connectivity index (χ0n) is 16.9. The molecule has 1 saturated carbocycles. The van der Waals surface area contributed by atoms with Gasteiger partial charge in [0.1, 0.15) is 5.25 Å². The van der Waals surface area contributed by atoms with Gasteiger partial charge >= 0.3 is 0 Å². The van der Waals surface area contributed by atoms with Crippen molar-refractivity contribution in [1.29, 1.82) is 0 Å². The minimum absolute atomic E-state index is 0.0465. The van der Waals surface area contributed by atoms with Gasteiger partial charge in [-0.1, -0.05) is 60.3 Å². The second-order valence-electron chi connectivity index (χ2n) is 7.80. The Bertz CT molecular complexity index is 1190. The molecule has 152 valence electrons. The smallest absolute Gasteiger partial charge is 0.240 e. The summed E-state index contributed by atoms with van der Waals surface area (Å²) in [6.45, 7) is 0. The predicted molar refractivity (Wildman–Crippen MR) is 119 cm³/mol. The Morgan fingerprint density at radius 1 is 1.10 bits per heavy atom. The van der Waals surface area contributed by atoms with Crippen LogP contribution in [0.3, 0.4) is 0 Å². The summed E-state index contributed by atoms with van der Waals surface area (Å²) in [7, 11) is 3.59. The van der Waals surface area contributed by atoms with Crippen LogP contribution < -0.4 is 0 Å². The first kappa shape index (κ1) is 18.9. The third-order valence-electron chi connectivity index (χ3n) is 5.40. The number of carbonyl (C=O) groups excluding carboxylic acids is 1. The highest BCUT2D eigenvalue weighted by Crippen LogP contribution is 2.45. The normalized spacial score (nSPS) is 14.7. The lowest BCUT2D eigenvalue weighted by molar-refractivity contribution is -0.128. The van der Waals surface area contributed by atoms with Gasteiger partial charge in [-0.15, -0.1) is 10.2 Å². The van der Waals surface area contributed by atoms with Gasteiger partial charge in [0.05, 0.1) is 0 Å². The largest absolute Gasteiger partial charge is 0.360 e. The summed E-state index contributed by atoms with van der Waals surface area (Å²) in [4.78, 5) is 18.0. The van der Waals surface area contributed by atoms with Gasteiger partial charge in [0.25, 0.3) is 0 Å². The van der Waals surface area contributed by atoms with E-state index in [0.29, 0.717) is 6.04 Å². The summed E-state index contributed by atoms with van der Waals surface area (Å²) >= 11 is 1.48. The van der Waals surface area contributed by atoms with E-state index in [4.69, 9.17) is 0 Å². The number of carbonyl (C=O) groups is 1. The Kier molecular flexibility index (Phi) is 4.83. The molecule has 6 nitrogen and oxygen atoms in total. The second kappa shape index (κ2) is 7.65. The minimum atomic E-state index is -0.362. The van der Waals surface area contributed by atoms with Crippen molar-refractivity contribution in [1.82, 2.24) is 24.6 Å². The molecule has 1 aliphatic carbocycles. The quantitative estimate of drug-likeness (QED) is 0.463. The fraction of sp³-hybridized carbons (Fsp3) is 0.261. The van der Waals surface area contributed by atoms with Crippen LogP contribution in [-0.4, -0.2) is 44.7 Å². The molecule has 0 radical (unpaired) electrons. The third-order valence-corrected chi connectivity index (χ3v) is 6.60. The first-order valence-electron chi connectivity index (χ1n) is 10.1. The maximum Gasteiger partial charge on any atom is 0.240 e.